The van der Waals surface area contributed by atoms with Crippen LogP contribution in [0.25, 0.3) is 0 Å². The van der Waals surface area contributed by atoms with Crippen LogP contribution in [-0.4, -0.2) is 11.2 Å². The van der Waals surface area contributed by atoms with Crippen LogP contribution in [-0.2, 0) is 0 Å². The fourth-order valence-corrected chi connectivity index (χ4v) is 6.65. The second-order valence-electron chi connectivity index (χ2n) is 8.15. The summed E-state index contributed by atoms with van der Waals surface area (Å²) < 4.78 is 0. The molecule has 1 nitrogen and oxygen atoms in total. The smallest absolute Gasteiger partial charge is 0.0545 e. The highest BCUT2D eigenvalue weighted by atomic mass is 16.3. The molecule has 0 bridgehead atoms. The summed E-state index contributed by atoms with van der Waals surface area (Å²) in [5, 5.41) is 9.99. The first-order valence-electron chi connectivity index (χ1n) is 8.35. The van der Waals surface area contributed by atoms with Gasteiger partial charge in [-0.2, -0.15) is 0 Å². The molecule has 0 aromatic rings. The molecule has 102 valence electrons. The molecular formula is C17H28O. The Morgan fingerprint density at radius 3 is 2.67 bits per heavy atom. The van der Waals surface area contributed by atoms with Gasteiger partial charge in [-0.3, -0.25) is 0 Å². The first-order valence-corrected chi connectivity index (χ1v) is 8.35. The number of hydrogen-bond donors (Lipinski definition) is 1. The lowest BCUT2D eigenvalue weighted by Gasteiger charge is -2.52. The topological polar surface area (TPSA) is 20.2 Å². The molecule has 4 aliphatic rings. The van der Waals surface area contributed by atoms with Crippen molar-refractivity contribution in [1.29, 1.82) is 0 Å². The zero-order chi connectivity index (χ0) is 12.3. The van der Waals surface area contributed by atoms with Crippen molar-refractivity contribution in [3.05, 3.63) is 0 Å². The Labute approximate surface area is 111 Å². The van der Waals surface area contributed by atoms with Gasteiger partial charge in [0, 0.05) is 0 Å². The molecule has 7 atom stereocenters. The van der Waals surface area contributed by atoms with Gasteiger partial charge in [0.2, 0.25) is 0 Å². The summed E-state index contributed by atoms with van der Waals surface area (Å²) >= 11 is 0. The number of rotatable bonds is 0. The van der Waals surface area contributed by atoms with Crippen LogP contribution in [0.2, 0.25) is 0 Å². The fourth-order valence-electron chi connectivity index (χ4n) is 6.65. The van der Waals surface area contributed by atoms with E-state index in [1.54, 1.807) is 0 Å². The van der Waals surface area contributed by atoms with Crippen LogP contribution >= 0.6 is 0 Å². The maximum absolute atomic E-state index is 9.99. The molecule has 0 radical (unpaired) electrons. The molecule has 0 saturated heterocycles. The third-order valence-electron chi connectivity index (χ3n) is 7.42. The van der Waals surface area contributed by atoms with Crippen LogP contribution < -0.4 is 0 Å². The summed E-state index contributed by atoms with van der Waals surface area (Å²) in [5.41, 5.74) is 0.700. The van der Waals surface area contributed by atoms with E-state index >= 15 is 0 Å². The Hall–Kier alpha value is -0.0400. The Bertz CT molecular complexity index is 339. The minimum Gasteiger partial charge on any atom is -0.393 e. The van der Waals surface area contributed by atoms with E-state index in [0.717, 1.165) is 42.4 Å². The number of hydrogen-bond acceptors (Lipinski definition) is 1. The van der Waals surface area contributed by atoms with Crippen LogP contribution in [0, 0.1) is 35.0 Å². The molecule has 0 heterocycles. The van der Waals surface area contributed by atoms with Gasteiger partial charge in [-0.25, -0.2) is 0 Å². The number of fused-ring (bicyclic) bond motifs is 5. The lowest BCUT2D eigenvalue weighted by Crippen LogP contribution is -2.44. The molecule has 4 fully saturated rings. The van der Waals surface area contributed by atoms with Crippen molar-refractivity contribution in [2.45, 2.75) is 70.8 Å². The molecule has 4 saturated carbocycles. The molecule has 1 heteroatoms. The highest BCUT2D eigenvalue weighted by Gasteiger charge is 2.54. The first kappa shape index (κ1) is 11.8. The summed E-state index contributed by atoms with van der Waals surface area (Å²) in [4.78, 5) is 0. The van der Waals surface area contributed by atoms with Gasteiger partial charge in [0.25, 0.3) is 0 Å². The molecule has 1 N–H and O–H groups in total. The van der Waals surface area contributed by atoms with Crippen LogP contribution in [0.5, 0.6) is 0 Å². The average molecular weight is 248 g/mol. The van der Waals surface area contributed by atoms with Crippen LogP contribution in [0.1, 0.15) is 64.7 Å². The van der Waals surface area contributed by atoms with Crippen molar-refractivity contribution < 1.29 is 5.11 Å². The van der Waals surface area contributed by atoms with Gasteiger partial charge < -0.3 is 5.11 Å². The Morgan fingerprint density at radius 2 is 1.78 bits per heavy atom. The van der Waals surface area contributed by atoms with Gasteiger partial charge in [0.1, 0.15) is 0 Å². The zero-order valence-electron chi connectivity index (χ0n) is 11.8. The Morgan fingerprint density at radius 1 is 0.889 bits per heavy atom. The van der Waals surface area contributed by atoms with E-state index in [2.05, 4.69) is 6.92 Å². The molecule has 0 amide bonds. The molecule has 0 aromatic heterocycles. The normalized spacial score (nSPS) is 59.0. The maximum Gasteiger partial charge on any atom is 0.0545 e. The monoisotopic (exact) mass is 248 g/mol. The van der Waals surface area contributed by atoms with Gasteiger partial charge in [0.15, 0.2) is 0 Å². The highest BCUT2D eigenvalue weighted by molar-refractivity contribution is 5.04. The average Bonchev–Trinajstić information content (AvgIpc) is 2.89. The summed E-state index contributed by atoms with van der Waals surface area (Å²) in [6, 6.07) is 0. The predicted molar refractivity (Wildman–Crippen MR) is 73.1 cm³/mol. The van der Waals surface area contributed by atoms with Gasteiger partial charge >= 0.3 is 0 Å². The Balaban J connectivity index is 1.60. The summed E-state index contributed by atoms with van der Waals surface area (Å²) in [7, 11) is 0. The highest BCUT2D eigenvalue weighted by Crippen LogP contribution is 2.62. The third-order valence-corrected chi connectivity index (χ3v) is 7.42. The standard InChI is InChI=1S/C17H28O/c1-17-7-2-3-16(17)14-5-4-11-9-12(18)10-15(11)13(14)6-8-17/h11-16,18H,2-10H2,1H3/t11?,12?,13?,14?,15?,16?,17-/m0/s1. The van der Waals surface area contributed by atoms with Crippen LogP contribution in [0.15, 0.2) is 0 Å². The maximum atomic E-state index is 9.99. The molecule has 4 rings (SSSR count). The summed E-state index contributed by atoms with van der Waals surface area (Å²) in [6.45, 7) is 2.58. The van der Waals surface area contributed by atoms with E-state index in [0.29, 0.717) is 5.41 Å². The summed E-state index contributed by atoms with van der Waals surface area (Å²) in [6.07, 6.45) is 12.7. The van der Waals surface area contributed by atoms with E-state index in [-0.39, 0.29) is 6.10 Å². The summed E-state index contributed by atoms with van der Waals surface area (Å²) in [5.74, 6) is 4.82. The van der Waals surface area contributed by atoms with Crippen molar-refractivity contribution in [3.63, 3.8) is 0 Å². The van der Waals surface area contributed by atoms with Crippen molar-refractivity contribution in [3.8, 4) is 0 Å². The van der Waals surface area contributed by atoms with E-state index in [1.165, 1.54) is 44.9 Å². The van der Waals surface area contributed by atoms with Crippen molar-refractivity contribution >= 4 is 0 Å². The lowest BCUT2D eigenvalue weighted by molar-refractivity contribution is -0.0289. The van der Waals surface area contributed by atoms with E-state index in [9.17, 15) is 5.11 Å². The Kier molecular flexibility index (Phi) is 2.60. The predicted octanol–water partition coefficient (Wildman–Crippen LogP) is 4.00. The number of aliphatic hydroxyl groups is 1. The molecular weight excluding hydrogens is 220 g/mol. The third kappa shape index (κ3) is 1.55. The second-order valence-corrected chi connectivity index (χ2v) is 8.15. The van der Waals surface area contributed by atoms with Crippen LogP contribution in [0.3, 0.4) is 0 Å². The quantitative estimate of drug-likeness (QED) is 0.687. The SMILES string of the molecule is C[C@@]12CCCC1C1CCC3CC(O)CC3C1CC2. The van der Waals surface area contributed by atoms with E-state index in [4.69, 9.17) is 0 Å². The lowest BCUT2D eigenvalue weighted by atomic mass is 9.53. The van der Waals surface area contributed by atoms with Gasteiger partial charge in [-0.1, -0.05) is 13.3 Å². The van der Waals surface area contributed by atoms with Gasteiger partial charge in [-0.15, -0.1) is 0 Å². The van der Waals surface area contributed by atoms with Gasteiger partial charge in [-0.05, 0) is 86.4 Å². The van der Waals surface area contributed by atoms with E-state index < -0.39 is 0 Å². The van der Waals surface area contributed by atoms with Crippen molar-refractivity contribution in [1.82, 2.24) is 0 Å². The first-order chi connectivity index (χ1) is 8.67. The zero-order valence-corrected chi connectivity index (χ0v) is 11.8. The van der Waals surface area contributed by atoms with Crippen LogP contribution in [0.4, 0.5) is 0 Å². The fraction of sp³-hybridized carbons (Fsp3) is 1.00. The van der Waals surface area contributed by atoms with Crippen molar-refractivity contribution in [2.24, 2.45) is 35.0 Å². The molecule has 0 aromatic carbocycles. The van der Waals surface area contributed by atoms with E-state index in [1.807, 2.05) is 0 Å². The second kappa shape index (κ2) is 3.98. The van der Waals surface area contributed by atoms with Crippen molar-refractivity contribution in [2.75, 3.05) is 0 Å². The number of aliphatic hydroxyl groups excluding tert-OH is 1. The minimum absolute atomic E-state index is 0.0376. The van der Waals surface area contributed by atoms with Gasteiger partial charge in [0.05, 0.1) is 6.10 Å². The molecule has 6 unspecified atom stereocenters. The molecule has 4 aliphatic carbocycles. The minimum atomic E-state index is 0.0376. The molecule has 0 spiro atoms. The largest absolute Gasteiger partial charge is 0.393 e. The molecule has 0 aliphatic heterocycles. The molecule has 18 heavy (non-hydrogen) atoms.